The Morgan fingerprint density at radius 3 is 1.67 bits per heavy atom. The zero-order valence-corrected chi connectivity index (χ0v) is 9.85. The number of nitrogens with one attached hydrogen (secondary N) is 1. The molecule has 1 aromatic carbocycles. The Morgan fingerprint density at radius 1 is 1.00 bits per heavy atom. The minimum Gasteiger partial charge on any atom is -0.388 e. The second kappa shape index (κ2) is 13.1. The average molecular weight is 232 g/mol. The van der Waals surface area contributed by atoms with E-state index in [0.29, 0.717) is 0 Å². The molecule has 0 aliphatic carbocycles. The molecule has 0 unspecified atom stereocenters. The van der Waals surface area contributed by atoms with Crippen molar-refractivity contribution in [3.05, 3.63) is 30.3 Å². The fourth-order valence-corrected chi connectivity index (χ4v) is 0.605. The highest BCUT2D eigenvalue weighted by molar-refractivity contribution is 9.08. The highest BCUT2D eigenvalue weighted by Crippen LogP contribution is 2.01. The van der Waals surface area contributed by atoms with Crippen LogP contribution in [0.4, 0.5) is 5.69 Å². The second-order valence-electron chi connectivity index (χ2n) is 1.62. The molecule has 0 spiro atoms. The number of para-hydroxylation sites is 1. The van der Waals surface area contributed by atoms with E-state index in [0.717, 1.165) is 5.69 Å². The van der Waals surface area contributed by atoms with Crippen molar-refractivity contribution >= 4 is 21.6 Å². The standard InChI is InChI=1S/C7H9N.C2H6.CH3Br/c1-8-7-5-3-2-4-6-7;2*1-2/h2-6,8H,1H3;1-2H3;1H3. The van der Waals surface area contributed by atoms with Crippen molar-refractivity contribution in [3.63, 3.8) is 0 Å². The Hall–Kier alpha value is -0.500. The van der Waals surface area contributed by atoms with E-state index in [-0.39, 0.29) is 0 Å². The SMILES string of the molecule is CBr.CC.CNc1ccccc1. The van der Waals surface area contributed by atoms with Gasteiger partial charge in [0.25, 0.3) is 0 Å². The molecule has 0 bridgehead atoms. The lowest BCUT2D eigenvalue weighted by molar-refractivity contribution is 1.50. The van der Waals surface area contributed by atoms with Crippen LogP contribution in [0, 0.1) is 0 Å². The summed E-state index contributed by atoms with van der Waals surface area (Å²) in [5.41, 5.74) is 1.16. The van der Waals surface area contributed by atoms with Gasteiger partial charge in [0.2, 0.25) is 0 Å². The molecule has 0 aliphatic heterocycles. The topological polar surface area (TPSA) is 12.0 Å². The third-order valence-corrected chi connectivity index (χ3v) is 1.06. The summed E-state index contributed by atoms with van der Waals surface area (Å²) in [4.78, 5) is 0. The van der Waals surface area contributed by atoms with Crippen molar-refractivity contribution < 1.29 is 0 Å². The van der Waals surface area contributed by atoms with E-state index in [1.807, 2.05) is 57.1 Å². The number of hydrogen-bond acceptors (Lipinski definition) is 1. The molecule has 12 heavy (non-hydrogen) atoms. The molecule has 70 valence electrons. The van der Waals surface area contributed by atoms with Gasteiger partial charge in [0.05, 0.1) is 0 Å². The van der Waals surface area contributed by atoms with Crippen molar-refractivity contribution in [2.24, 2.45) is 0 Å². The van der Waals surface area contributed by atoms with E-state index < -0.39 is 0 Å². The summed E-state index contributed by atoms with van der Waals surface area (Å²) in [5, 5.41) is 3.03. The first-order chi connectivity index (χ1) is 5.93. The van der Waals surface area contributed by atoms with Crippen LogP contribution in [0.3, 0.4) is 0 Å². The minimum absolute atomic E-state index is 1.16. The summed E-state index contributed by atoms with van der Waals surface area (Å²) < 4.78 is 0. The van der Waals surface area contributed by atoms with Crippen molar-refractivity contribution in [2.75, 3.05) is 18.2 Å². The van der Waals surface area contributed by atoms with Crippen molar-refractivity contribution in [1.29, 1.82) is 0 Å². The predicted molar refractivity (Wildman–Crippen MR) is 62.2 cm³/mol. The van der Waals surface area contributed by atoms with Crippen LogP contribution in [0.15, 0.2) is 30.3 Å². The first-order valence-corrected chi connectivity index (χ1v) is 5.62. The molecule has 1 N–H and O–H groups in total. The summed E-state index contributed by atoms with van der Waals surface area (Å²) in [6.07, 6.45) is 0. The molecule has 0 saturated heterocycles. The Balaban J connectivity index is 0. The third kappa shape index (κ3) is 7.61. The molecule has 0 atom stereocenters. The van der Waals surface area contributed by atoms with Gasteiger partial charge in [-0.05, 0) is 18.0 Å². The predicted octanol–water partition coefficient (Wildman–Crippen LogP) is 3.77. The van der Waals surface area contributed by atoms with Gasteiger partial charge in [0.1, 0.15) is 0 Å². The molecular formula is C10H18BrN. The van der Waals surface area contributed by atoms with Gasteiger partial charge < -0.3 is 5.32 Å². The lowest BCUT2D eigenvalue weighted by atomic mass is 10.3. The van der Waals surface area contributed by atoms with Gasteiger partial charge in [-0.15, -0.1) is 0 Å². The van der Waals surface area contributed by atoms with Gasteiger partial charge in [-0.3, -0.25) is 0 Å². The number of anilines is 1. The minimum atomic E-state index is 1.16. The van der Waals surface area contributed by atoms with Gasteiger partial charge in [-0.25, -0.2) is 0 Å². The van der Waals surface area contributed by atoms with Crippen LogP contribution in [-0.2, 0) is 0 Å². The van der Waals surface area contributed by atoms with E-state index in [4.69, 9.17) is 0 Å². The number of halogens is 1. The summed E-state index contributed by atoms with van der Waals surface area (Å²) in [7, 11) is 1.91. The number of benzene rings is 1. The molecule has 0 fully saturated rings. The zero-order valence-electron chi connectivity index (χ0n) is 8.26. The van der Waals surface area contributed by atoms with E-state index in [2.05, 4.69) is 21.2 Å². The second-order valence-corrected chi connectivity index (χ2v) is 1.62. The summed E-state index contributed by atoms with van der Waals surface area (Å²) in [5.74, 6) is 1.81. The lowest BCUT2D eigenvalue weighted by Crippen LogP contribution is -1.84. The average Bonchev–Trinajstić information content (AvgIpc) is 2.25. The quantitative estimate of drug-likeness (QED) is 0.727. The van der Waals surface area contributed by atoms with Crippen LogP contribution in [0.2, 0.25) is 0 Å². The summed E-state index contributed by atoms with van der Waals surface area (Å²) in [6.45, 7) is 4.00. The van der Waals surface area contributed by atoms with E-state index in [1.54, 1.807) is 0 Å². The molecular weight excluding hydrogens is 214 g/mol. The monoisotopic (exact) mass is 231 g/mol. The normalized spacial score (nSPS) is 6.75. The highest BCUT2D eigenvalue weighted by Gasteiger charge is 1.77. The molecule has 0 amide bonds. The molecule has 2 heteroatoms. The fraction of sp³-hybridized carbons (Fsp3) is 0.400. The third-order valence-electron chi connectivity index (χ3n) is 1.06. The lowest BCUT2D eigenvalue weighted by Gasteiger charge is -1.94. The first-order valence-electron chi connectivity index (χ1n) is 4.04. The van der Waals surface area contributed by atoms with Gasteiger partial charge >= 0.3 is 0 Å². The molecule has 0 heterocycles. The molecule has 0 radical (unpaired) electrons. The number of hydrogen-bond donors (Lipinski definition) is 1. The van der Waals surface area contributed by atoms with Crippen LogP contribution in [0.5, 0.6) is 0 Å². The zero-order chi connectivity index (χ0) is 9.82. The van der Waals surface area contributed by atoms with Gasteiger partial charge in [0.15, 0.2) is 0 Å². The molecule has 1 rings (SSSR count). The molecule has 1 aromatic rings. The largest absolute Gasteiger partial charge is 0.388 e. The first kappa shape index (κ1) is 14.0. The summed E-state index contributed by atoms with van der Waals surface area (Å²) >= 11 is 2.94. The Bertz CT molecular complexity index is 151. The van der Waals surface area contributed by atoms with Gasteiger partial charge in [-0.1, -0.05) is 48.0 Å². The molecule has 0 saturated carbocycles. The van der Waals surface area contributed by atoms with Crippen LogP contribution < -0.4 is 5.32 Å². The van der Waals surface area contributed by atoms with Crippen molar-refractivity contribution in [2.45, 2.75) is 13.8 Å². The molecule has 1 nitrogen and oxygen atoms in total. The number of alkyl halides is 1. The van der Waals surface area contributed by atoms with Crippen LogP contribution in [0.1, 0.15) is 13.8 Å². The van der Waals surface area contributed by atoms with E-state index in [1.165, 1.54) is 0 Å². The maximum absolute atomic E-state index is 3.03. The highest BCUT2D eigenvalue weighted by atomic mass is 79.9. The van der Waals surface area contributed by atoms with Crippen molar-refractivity contribution in [1.82, 2.24) is 0 Å². The number of rotatable bonds is 1. The maximum Gasteiger partial charge on any atom is 0.0337 e. The van der Waals surface area contributed by atoms with Gasteiger partial charge in [-0.2, -0.15) is 0 Å². The smallest absolute Gasteiger partial charge is 0.0337 e. The van der Waals surface area contributed by atoms with Gasteiger partial charge in [0, 0.05) is 12.7 Å². The van der Waals surface area contributed by atoms with E-state index in [9.17, 15) is 0 Å². The Kier molecular flexibility index (Phi) is 15.4. The summed E-state index contributed by atoms with van der Waals surface area (Å²) in [6, 6.07) is 10.1. The van der Waals surface area contributed by atoms with E-state index >= 15 is 0 Å². The molecule has 0 aliphatic rings. The van der Waals surface area contributed by atoms with Crippen LogP contribution >= 0.6 is 15.9 Å². The molecule has 0 aromatic heterocycles. The fourth-order valence-electron chi connectivity index (χ4n) is 0.605. The maximum atomic E-state index is 3.03. The van der Waals surface area contributed by atoms with Crippen molar-refractivity contribution in [3.8, 4) is 0 Å². The Morgan fingerprint density at radius 2 is 1.42 bits per heavy atom. The van der Waals surface area contributed by atoms with Crippen LogP contribution in [0.25, 0.3) is 0 Å². The Labute approximate surface area is 84.3 Å². The van der Waals surface area contributed by atoms with Crippen LogP contribution in [-0.4, -0.2) is 12.9 Å².